The molecule has 34 heavy (non-hydrogen) atoms. The van der Waals surface area contributed by atoms with E-state index in [4.69, 9.17) is 9.26 Å². The molecular weight excluding hydrogens is 445 g/mol. The number of halogens is 3. The number of piperidine rings is 1. The molecule has 3 fully saturated rings. The molecule has 3 aromatic rings. The number of benzene rings is 1. The molecule has 2 unspecified atom stereocenters. The Balaban J connectivity index is 1.23. The molecule has 0 amide bonds. The van der Waals surface area contributed by atoms with Crippen LogP contribution in [0.1, 0.15) is 61.3 Å². The molecule has 1 saturated carbocycles. The Morgan fingerprint density at radius 3 is 2.35 bits per heavy atom. The molecule has 6 rings (SSSR count). The summed E-state index contributed by atoms with van der Waals surface area (Å²) in [5.41, 5.74) is 0.231. The van der Waals surface area contributed by atoms with Gasteiger partial charge in [0.1, 0.15) is 11.5 Å². The lowest BCUT2D eigenvalue weighted by atomic mass is 9.98. The van der Waals surface area contributed by atoms with Crippen LogP contribution in [0.4, 0.5) is 19.1 Å². The van der Waals surface area contributed by atoms with Crippen molar-refractivity contribution >= 4 is 5.95 Å². The van der Waals surface area contributed by atoms with E-state index in [0.29, 0.717) is 23.4 Å². The molecule has 2 aromatic heterocycles. The van der Waals surface area contributed by atoms with Crippen molar-refractivity contribution in [2.75, 3.05) is 4.90 Å². The third-order valence-corrected chi connectivity index (χ3v) is 7.19. The van der Waals surface area contributed by atoms with Gasteiger partial charge in [0.05, 0.1) is 18.3 Å². The number of rotatable bonds is 6. The van der Waals surface area contributed by atoms with E-state index < -0.39 is 11.7 Å². The largest absolute Gasteiger partial charge is 0.417 e. The highest BCUT2D eigenvalue weighted by Gasteiger charge is 2.43. The first kappa shape index (κ1) is 21.6. The molecule has 1 aliphatic carbocycles. The van der Waals surface area contributed by atoms with E-state index in [1.165, 1.54) is 12.1 Å². The fourth-order valence-corrected chi connectivity index (χ4v) is 5.49. The predicted octanol–water partition coefficient (Wildman–Crippen LogP) is 5.74. The molecular formula is C25H25F3N4O2. The molecule has 4 heterocycles. The number of ether oxygens (including phenoxy) is 1. The van der Waals surface area contributed by atoms with E-state index in [9.17, 15) is 13.2 Å². The first-order valence-electron chi connectivity index (χ1n) is 11.8. The Hall–Kier alpha value is -2.94. The normalized spacial score (nSPS) is 24.6. The summed E-state index contributed by atoms with van der Waals surface area (Å²) in [6.45, 7) is 0.197. The van der Waals surface area contributed by atoms with E-state index >= 15 is 0 Å². The van der Waals surface area contributed by atoms with Crippen LogP contribution in [0.5, 0.6) is 0 Å². The van der Waals surface area contributed by atoms with E-state index in [0.717, 1.165) is 50.5 Å². The van der Waals surface area contributed by atoms with E-state index in [1.54, 1.807) is 18.5 Å². The van der Waals surface area contributed by atoms with Gasteiger partial charge < -0.3 is 14.2 Å². The first-order chi connectivity index (χ1) is 16.5. The van der Waals surface area contributed by atoms with Crippen LogP contribution in [0.25, 0.3) is 11.3 Å². The number of anilines is 1. The van der Waals surface area contributed by atoms with Crippen molar-refractivity contribution in [2.45, 2.75) is 75.4 Å². The molecule has 0 N–H and O–H groups in total. The van der Waals surface area contributed by atoms with Crippen molar-refractivity contribution in [1.29, 1.82) is 0 Å². The zero-order valence-corrected chi connectivity index (χ0v) is 18.5. The van der Waals surface area contributed by atoms with Crippen LogP contribution >= 0.6 is 0 Å². The van der Waals surface area contributed by atoms with Gasteiger partial charge in [-0.1, -0.05) is 23.4 Å². The van der Waals surface area contributed by atoms with Gasteiger partial charge in [-0.2, -0.15) is 13.2 Å². The summed E-state index contributed by atoms with van der Waals surface area (Å²) in [6.07, 6.45) is 4.79. The fraction of sp³-hybridized carbons (Fsp3) is 0.480. The molecule has 0 radical (unpaired) electrons. The average molecular weight is 470 g/mol. The second-order valence-corrected chi connectivity index (χ2v) is 9.44. The molecule has 2 atom stereocenters. The summed E-state index contributed by atoms with van der Waals surface area (Å²) in [5, 5.41) is 4.10. The van der Waals surface area contributed by atoms with Crippen molar-refractivity contribution in [1.82, 2.24) is 15.1 Å². The number of nitrogens with zero attached hydrogens (tertiary/aromatic N) is 4. The lowest BCUT2D eigenvalue weighted by Gasteiger charge is -2.38. The maximum atomic E-state index is 13.7. The van der Waals surface area contributed by atoms with E-state index in [2.05, 4.69) is 20.0 Å². The van der Waals surface area contributed by atoms with Crippen LogP contribution in [-0.4, -0.2) is 33.3 Å². The van der Waals surface area contributed by atoms with Crippen molar-refractivity contribution < 1.29 is 22.4 Å². The van der Waals surface area contributed by atoms with Crippen LogP contribution in [0, 0.1) is 0 Å². The molecule has 1 aromatic carbocycles. The standard InChI is InChI=1S/C25H25F3N4O2/c26-25(27,28)21-5-2-1-4-19(21)22-20(23(34-31-22)15-6-7-15)14-33-18-12-16-8-9-17(13-18)32(16)24-29-10-3-11-30-24/h1-5,10-11,15-18H,6-9,12-14H2. The maximum Gasteiger partial charge on any atom is 0.417 e. The monoisotopic (exact) mass is 470 g/mol. The zero-order valence-electron chi connectivity index (χ0n) is 18.5. The summed E-state index contributed by atoms with van der Waals surface area (Å²) in [6, 6.07) is 7.96. The van der Waals surface area contributed by atoms with Crippen LogP contribution < -0.4 is 4.90 Å². The highest BCUT2D eigenvalue weighted by atomic mass is 19.4. The summed E-state index contributed by atoms with van der Waals surface area (Å²) in [4.78, 5) is 11.2. The Morgan fingerprint density at radius 2 is 1.68 bits per heavy atom. The van der Waals surface area contributed by atoms with Gasteiger partial charge in [0.25, 0.3) is 0 Å². The summed E-state index contributed by atoms with van der Waals surface area (Å²) >= 11 is 0. The first-order valence-corrected chi connectivity index (χ1v) is 11.8. The lowest BCUT2D eigenvalue weighted by Crippen LogP contribution is -2.46. The van der Waals surface area contributed by atoms with Gasteiger partial charge in [-0.3, -0.25) is 0 Å². The second kappa shape index (κ2) is 8.37. The molecule has 3 aliphatic rings. The Morgan fingerprint density at radius 1 is 0.971 bits per heavy atom. The molecule has 2 bridgehead atoms. The quantitative estimate of drug-likeness (QED) is 0.458. The van der Waals surface area contributed by atoms with Crippen molar-refractivity contribution in [3.05, 3.63) is 59.6 Å². The second-order valence-electron chi connectivity index (χ2n) is 9.44. The molecule has 6 nitrogen and oxygen atoms in total. The minimum Gasteiger partial charge on any atom is -0.373 e. The van der Waals surface area contributed by atoms with Gasteiger partial charge in [-0.15, -0.1) is 0 Å². The molecule has 2 aliphatic heterocycles. The highest BCUT2D eigenvalue weighted by molar-refractivity contribution is 5.68. The molecule has 9 heteroatoms. The average Bonchev–Trinajstić information content (AvgIpc) is 3.54. The Bertz CT molecular complexity index is 1150. The van der Waals surface area contributed by atoms with E-state index in [-0.39, 0.29) is 29.9 Å². The van der Waals surface area contributed by atoms with Crippen LogP contribution in [0.2, 0.25) is 0 Å². The van der Waals surface area contributed by atoms with Gasteiger partial charge >= 0.3 is 6.18 Å². The van der Waals surface area contributed by atoms with Gasteiger partial charge in [0.2, 0.25) is 5.95 Å². The third kappa shape index (κ3) is 3.96. The summed E-state index contributed by atoms with van der Waals surface area (Å²) in [5.74, 6) is 1.64. The highest BCUT2D eigenvalue weighted by Crippen LogP contribution is 2.46. The van der Waals surface area contributed by atoms with Crippen molar-refractivity contribution in [2.24, 2.45) is 0 Å². The van der Waals surface area contributed by atoms with Crippen molar-refractivity contribution in [3.63, 3.8) is 0 Å². The van der Waals surface area contributed by atoms with Crippen molar-refractivity contribution in [3.8, 4) is 11.3 Å². The number of fused-ring (bicyclic) bond motifs is 2. The number of hydrogen-bond acceptors (Lipinski definition) is 6. The van der Waals surface area contributed by atoms with Gasteiger partial charge in [-0.05, 0) is 50.7 Å². The number of aromatic nitrogens is 3. The SMILES string of the molecule is FC(F)(F)c1ccccc1-c1noc(C2CC2)c1COC1CC2CCC(C1)N2c1ncccn1. The summed E-state index contributed by atoms with van der Waals surface area (Å²) < 4.78 is 53.0. The topological polar surface area (TPSA) is 64.3 Å². The Labute approximate surface area is 195 Å². The Kier molecular flexibility index (Phi) is 5.32. The van der Waals surface area contributed by atoms with Crippen LogP contribution in [-0.2, 0) is 17.5 Å². The van der Waals surface area contributed by atoms with Crippen LogP contribution in [0.15, 0.2) is 47.2 Å². The third-order valence-electron chi connectivity index (χ3n) is 7.19. The van der Waals surface area contributed by atoms with Gasteiger partial charge in [0.15, 0.2) is 0 Å². The lowest BCUT2D eigenvalue weighted by molar-refractivity contribution is -0.137. The smallest absolute Gasteiger partial charge is 0.373 e. The minimum atomic E-state index is -4.47. The fourth-order valence-electron chi connectivity index (χ4n) is 5.49. The molecule has 178 valence electrons. The maximum absolute atomic E-state index is 13.7. The zero-order chi connectivity index (χ0) is 23.3. The van der Waals surface area contributed by atoms with Crippen LogP contribution in [0.3, 0.4) is 0 Å². The predicted molar refractivity (Wildman–Crippen MR) is 118 cm³/mol. The number of hydrogen-bond donors (Lipinski definition) is 0. The minimum absolute atomic E-state index is 0.0186. The molecule has 2 saturated heterocycles. The van der Waals surface area contributed by atoms with Gasteiger partial charge in [-0.25, -0.2) is 9.97 Å². The molecule has 0 spiro atoms. The number of alkyl halides is 3. The van der Waals surface area contributed by atoms with E-state index in [1.807, 2.05) is 6.07 Å². The summed E-state index contributed by atoms with van der Waals surface area (Å²) in [7, 11) is 0. The van der Waals surface area contributed by atoms with Gasteiger partial charge in [0, 0.05) is 41.5 Å².